The van der Waals surface area contributed by atoms with Gasteiger partial charge < -0.3 is 10.4 Å². The molecule has 0 amide bonds. The first-order chi connectivity index (χ1) is 7.02. The van der Waals surface area contributed by atoms with Gasteiger partial charge in [-0.15, -0.1) is 0 Å². The Hall–Kier alpha value is -1.02. The van der Waals surface area contributed by atoms with Crippen LogP contribution in [0.4, 0.5) is 5.69 Å². The van der Waals surface area contributed by atoms with E-state index in [0.29, 0.717) is 5.92 Å². The molecule has 0 saturated heterocycles. The summed E-state index contributed by atoms with van der Waals surface area (Å²) in [5.41, 5.74) is 5.14. The molecule has 3 unspecified atom stereocenters. The second-order valence-electron chi connectivity index (χ2n) is 4.71. The average Bonchev–Trinajstić information content (AvgIpc) is 2.20. The summed E-state index contributed by atoms with van der Waals surface area (Å²) in [6, 6.07) is 4.18. The minimum atomic E-state index is -0.422. The van der Waals surface area contributed by atoms with Crippen molar-refractivity contribution in [1.29, 1.82) is 0 Å². The van der Waals surface area contributed by atoms with Crippen LogP contribution in [0.2, 0.25) is 0 Å². The molecule has 0 aliphatic carbocycles. The lowest BCUT2D eigenvalue weighted by Crippen LogP contribution is -2.35. The molecule has 15 heavy (non-hydrogen) atoms. The Morgan fingerprint density at radius 2 is 1.87 bits per heavy atom. The molecule has 0 spiro atoms. The predicted molar refractivity (Wildman–Crippen MR) is 63.1 cm³/mol. The van der Waals surface area contributed by atoms with Crippen LogP contribution < -0.4 is 5.32 Å². The van der Waals surface area contributed by atoms with E-state index >= 15 is 0 Å². The van der Waals surface area contributed by atoms with Crippen LogP contribution in [0.15, 0.2) is 12.1 Å². The molecule has 1 aromatic carbocycles. The molecule has 2 N–H and O–H groups in total. The van der Waals surface area contributed by atoms with E-state index in [9.17, 15) is 5.11 Å². The van der Waals surface area contributed by atoms with Gasteiger partial charge in [-0.05, 0) is 42.5 Å². The number of hydrogen-bond acceptors (Lipinski definition) is 2. The van der Waals surface area contributed by atoms with Gasteiger partial charge in [0.25, 0.3) is 0 Å². The lowest BCUT2D eigenvalue weighted by molar-refractivity contribution is 0.124. The number of aryl methyl sites for hydroxylation is 1. The maximum atomic E-state index is 9.84. The summed E-state index contributed by atoms with van der Waals surface area (Å²) in [4.78, 5) is 0. The minimum Gasteiger partial charge on any atom is -0.374 e. The smallest absolute Gasteiger partial charge is 0.127 e. The summed E-state index contributed by atoms with van der Waals surface area (Å²) in [5.74, 6) is 0.675. The molecule has 2 nitrogen and oxygen atoms in total. The lowest BCUT2D eigenvalue weighted by atomic mass is 9.80. The van der Waals surface area contributed by atoms with Gasteiger partial charge in [-0.2, -0.15) is 0 Å². The molecular formula is C13H19NO. The van der Waals surface area contributed by atoms with Crippen molar-refractivity contribution in [2.45, 2.75) is 39.8 Å². The zero-order valence-corrected chi connectivity index (χ0v) is 9.83. The van der Waals surface area contributed by atoms with Crippen LogP contribution in [0, 0.1) is 19.8 Å². The number of fused-ring (bicyclic) bond motifs is 1. The summed E-state index contributed by atoms with van der Waals surface area (Å²) in [5, 5.41) is 13.0. The summed E-state index contributed by atoms with van der Waals surface area (Å²) in [6.07, 6.45) is -0.422. The van der Waals surface area contributed by atoms with Gasteiger partial charge in [0, 0.05) is 11.6 Å². The van der Waals surface area contributed by atoms with Crippen LogP contribution in [-0.4, -0.2) is 11.3 Å². The molecule has 1 heterocycles. The van der Waals surface area contributed by atoms with Crippen molar-refractivity contribution in [1.82, 2.24) is 0 Å². The third-order valence-corrected chi connectivity index (χ3v) is 3.83. The highest BCUT2D eigenvalue weighted by Gasteiger charge is 2.30. The highest BCUT2D eigenvalue weighted by molar-refractivity contribution is 5.60. The molecule has 0 fully saturated rings. The number of rotatable bonds is 0. The molecule has 2 heteroatoms. The van der Waals surface area contributed by atoms with Gasteiger partial charge in [0.15, 0.2) is 0 Å². The van der Waals surface area contributed by atoms with Gasteiger partial charge >= 0.3 is 0 Å². The number of benzene rings is 1. The molecule has 3 atom stereocenters. The summed E-state index contributed by atoms with van der Waals surface area (Å²) >= 11 is 0. The molecule has 0 saturated carbocycles. The van der Waals surface area contributed by atoms with E-state index in [-0.39, 0.29) is 5.92 Å². The number of aliphatic hydroxyl groups excluding tert-OH is 1. The Kier molecular flexibility index (Phi) is 2.47. The van der Waals surface area contributed by atoms with Gasteiger partial charge in [0.05, 0.1) is 0 Å². The second-order valence-corrected chi connectivity index (χ2v) is 4.71. The largest absolute Gasteiger partial charge is 0.374 e. The highest BCUT2D eigenvalue weighted by Crippen LogP contribution is 2.39. The molecule has 0 bridgehead atoms. The van der Waals surface area contributed by atoms with E-state index in [1.165, 1.54) is 16.7 Å². The molecule has 1 aliphatic rings. The minimum absolute atomic E-state index is 0.262. The third-order valence-electron chi connectivity index (χ3n) is 3.83. The van der Waals surface area contributed by atoms with Gasteiger partial charge in [-0.1, -0.05) is 19.9 Å². The molecule has 82 valence electrons. The van der Waals surface area contributed by atoms with Gasteiger partial charge in [-0.25, -0.2) is 0 Å². The topological polar surface area (TPSA) is 32.3 Å². The van der Waals surface area contributed by atoms with Crippen molar-refractivity contribution >= 4 is 5.69 Å². The first-order valence-electron chi connectivity index (χ1n) is 5.57. The molecule has 2 rings (SSSR count). The van der Waals surface area contributed by atoms with E-state index in [4.69, 9.17) is 0 Å². The molecular weight excluding hydrogens is 186 g/mol. The van der Waals surface area contributed by atoms with E-state index in [2.05, 4.69) is 45.1 Å². The lowest BCUT2D eigenvalue weighted by Gasteiger charge is -2.35. The SMILES string of the molecule is Cc1ccc2c(c1C)C(C)C(C)C(O)N2. The van der Waals surface area contributed by atoms with E-state index in [0.717, 1.165) is 5.69 Å². The molecule has 0 radical (unpaired) electrons. The Labute approximate surface area is 91.3 Å². The number of aliphatic hydroxyl groups is 1. The van der Waals surface area contributed by atoms with Crippen LogP contribution >= 0.6 is 0 Å². The normalized spacial score (nSPS) is 29.5. The number of nitrogens with one attached hydrogen (secondary N) is 1. The Morgan fingerprint density at radius 1 is 1.20 bits per heavy atom. The summed E-state index contributed by atoms with van der Waals surface area (Å²) in [7, 11) is 0. The van der Waals surface area contributed by atoms with Crippen LogP contribution in [-0.2, 0) is 0 Å². The second kappa shape index (κ2) is 3.53. The van der Waals surface area contributed by atoms with Gasteiger partial charge in [0.2, 0.25) is 0 Å². The van der Waals surface area contributed by atoms with Crippen molar-refractivity contribution in [2.24, 2.45) is 5.92 Å². The van der Waals surface area contributed by atoms with Crippen molar-refractivity contribution in [3.05, 3.63) is 28.8 Å². The fraction of sp³-hybridized carbons (Fsp3) is 0.538. The van der Waals surface area contributed by atoms with Crippen molar-refractivity contribution in [2.75, 3.05) is 5.32 Å². The first-order valence-corrected chi connectivity index (χ1v) is 5.57. The standard InChI is InChI=1S/C13H19NO/c1-7-5-6-11-12(8(7)2)9(3)10(4)13(15)14-11/h5-6,9-10,13-15H,1-4H3. The van der Waals surface area contributed by atoms with Crippen LogP contribution in [0.5, 0.6) is 0 Å². The van der Waals surface area contributed by atoms with Crippen molar-refractivity contribution < 1.29 is 5.11 Å². The van der Waals surface area contributed by atoms with E-state index in [1.807, 2.05) is 0 Å². The predicted octanol–water partition coefficient (Wildman–Crippen LogP) is 2.79. The zero-order chi connectivity index (χ0) is 11.2. The highest BCUT2D eigenvalue weighted by atomic mass is 16.3. The molecule has 1 aliphatic heterocycles. The van der Waals surface area contributed by atoms with Gasteiger partial charge in [-0.3, -0.25) is 0 Å². The first kappa shape index (κ1) is 10.5. The Bertz CT molecular complexity index is 386. The van der Waals surface area contributed by atoms with E-state index in [1.54, 1.807) is 0 Å². The Balaban J connectivity index is 2.56. The number of anilines is 1. The average molecular weight is 205 g/mol. The van der Waals surface area contributed by atoms with Crippen LogP contribution in [0.1, 0.15) is 36.5 Å². The molecule has 0 aromatic heterocycles. The molecule has 1 aromatic rings. The summed E-state index contributed by atoms with van der Waals surface area (Å²) < 4.78 is 0. The van der Waals surface area contributed by atoms with Crippen molar-refractivity contribution in [3.63, 3.8) is 0 Å². The fourth-order valence-corrected chi connectivity index (χ4v) is 2.38. The van der Waals surface area contributed by atoms with Crippen LogP contribution in [0.3, 0.4) is 0 Å². The monoisotopic (exact) mass is 205 g/mol. The fourth-order valence-electron chi connectivity index (χ4n) is 2.38. The maximum absolute atomic E-state index is 9.84. The zero-order valence-electron chi connectivity index (χ0n) is 9.83. The number of hydrogen-bond donors (Lipinski definition) is 2. The summed E-state index contributed by atoms with van der Waals surface area (Å²) in [6.45, 7) is 8.59. The maximum Gasteiger partial charge on any atom is 0.127 e. The van der Waals surface area contributed by atoms with Crippen LogP contribution in [0.25, 0.3) is 0 Å². The Morgan fingerprint density at radius 3 is 2.53 bits per heavy atom. The van der Waals surface area contributed by atoms with Crippen molar-refractivity contribution in [3.8, 4) is 0 Å². The van der Waals surface area contributed by atoms with Gasteiger partial charge in [0.1, 0.15) is 6.23 Å². The third kappa shape index (κ3) is 1.53. The van der Waals surface area contributed by atoms with E-state index < -0.39 is 6.23 Å². The quantitative estimate of drug-likeness (QED) is 0.682.